The molecule has 0 unspecified atom stereocenters. The first-order valence-corrected chi connectivity index (χ1v) is 8.99. The zero-order chi connectivity index (χ0) is 19.7. The Kier molecular flexibility index (Phi) is 5.14. The molecule has 27 heavy (non-hydrogen) atoms. The molecule has 3 rings (SSSR count). The molecule has 0 saturated carbocycles. The molecule has 0 spiro atoms. The third-order valence-electron chi connectivity index (χ3n) is 4.53. The SMILES string of the molecule is CCc1cc(-c2c[nH]c(=S)n2-c2ccc(N(C)C)c(OC)c2)c(O)cc1O. The number of aromatic nitrogens is 2. The third kappa shape index (κ3) is 3.38. The molecule has 0 bridgehead atoms. The van der Waals surface area contributed by atoms with Gasteiger partial charge in [0.05, 0.1) is 24.2 Å². The van der Waals surface area contributed by atoms with Crippen LogP contribution in [0.15, 0.2) is 36.5 Å². The predicted octanol–water partition coefficient (Wildman–Crippen LogP) is 4.25. The second-order valence-corrected chi connectivity index (χ2v) is 6.80. The molecule has 1 aromatic heterocycles. The molecule has 0 amide bonds. The normalized spacial score (nSPS) is 10.8. The first kappa shape index (κ1) is 18.8. The Hall–Kier alpha value is -2.93. The second kappa shape index (κ2) is 7.36. The number of methoxy groups -OCH3 is 1. The van der Waals surface area contributed by atoms with Crippen molar-refractivity contribution in [2.24, 2.45) is 0 Å². The van der Waals surface area contributed by atoms with Crippen molar-refractivity contribution in [1.82, 2.24) is 9.55 Å². The lowest BCUT2D eigenvalue weighted by atomic mass is 10.0. The standard InChI is InChI=1S/C20H23N3O3S/c1-5-12-8-14(18(25)10-17(12)24)16-11-21-20(27)23(16)13-6-7-15(22(2)3)19(9-13)26-4/h6-11,24-25H,5H2,1-4H3,(H,21,27). The Morgan fingerprint density at radius 3 is 2.52 bits per heavy atom. The molecule has 6 nitrogen and oxygen atoms in total. The van der Waals surface area contributed by atoms with Crippen LogP contribution < -0.4 is 9.64 Å². The minimum Gasteiger partial charge on any atom is -0.508 e. The quantitative estimate of drug-likeness (QED) is 0.573. The van der Waals surface area contributed by atoms with Crippen molar-refractivity contribution in [3.63, 3.8) is 0 Å². The summed E-state index contributed by atoms with van der Waals surface area (Å²) in [5, 5.41) is 20.4. The number of benzene rings is 2. The van der Waals surface area contributed by atoms with Gasteiger partial charge in [-0.2, -0.15) is 0 Å². The van der Waals surface area contributed by atoms with Crippen LogP contribution in [0.3, 0.4) is 0 Å². The van der Waals surface area contributed by atoms with Gasteiger partial charge in [0, 0.05) is 38.0 Å². The van der Waals surface area contributed by atoms with Crippen LogP contribution in [0.2, 0.25) is 0 Å². The van der Waals surface area contributed by atoms with Crippen molar-refractivity contribution < 1.29 is 14.9 Å². The number of aromatic amines is 1. The van der Waals surface area contributed by atoms with Crippen LogP contribution >= 0.6 is 12.2 Å². The Morgan fingerprint density at radius 1 is 1.15 bits per heavy atom. The highest BCUT2D eigenvalue weighted by Crippen LogP contribution is 2.37. The minimum absolute atomic E-state index is 0.00988. The molecular formula is C20H23N3O3S. The topological polar surface area (TPSA) is 73.7 Å². The lowest BCUT2D eigenvalue weighted by molar-refractivity contribution is 0.415. The van der Waals surface area contributed by atoms with Gasteiger partial charge in [0.2, 0.25) is 0 Å². The molecule has 0 aliphatic rings. The number of hydrogen-bond donors (Lipinski definition) is 3. The lowest BCUT2D eigenvalue weighted by Gasteiger charge is -2.18. The van der Waals surface area contributed by atoms with E-state index in [1.54, 1.807) is 19.4 Å². The van der Waals surface area contributed by atoms with Crippen molar-refractivity contribution in [2.45, 2.75) is 13.3 Å². The monoisotopic (exact) mass is 385 g/mol. The van der Waals surface area contributed by atoms with E-state index in [0.29, 0.717) is 22.4 Å². The highest BCUT2D eigenvalue weighted by molar-refractivity contribution is 7.71. The van der Waals surface area contributed by atoms with Gasteiger partial charge >= 0.3 is 0 Å². The zero-order valence-corrected chi connectivity index (χ0v) is 16.6. The third-order valence-corrected chi connectivity index (χ3v) is 4.83. The van der Waals surface area contributed by atoms with Crippen LogP contribution in [-0.4, -0.2) is 41.0 Å². The molecule has 0 fully saturated rings. The Labute approximate surface area is 163 Å². The molecule has 3 aromatic rings. The van der Waals surface area contributed by atoms with Gasteiger partial charge in [-0.25, -0.2) is 0 Å². The predicted molar refractivity (Wildman–Crippen MR) is 110 cm³/mol. The number of hydrogen-bond acceptors (Lipinski definition) is 5. The highest BCUT2D eigenvalue weighted by atomic mass is 32.1. The minimum atomic E-state index is -0.00988. The average molecular weight is 385 g/mol. The van der Waals surface area contributed by atoms with E-state index in [-0.39, 0.29) is 11.5 Å². The largest absolute Gasteiger partial charge is 0.508 e. The van der Waals surface area contributed by atoms with Crippen molar-refractivity contribution in [2.75, 3.05) is 26.1 Å². The number of ether oxygens (including phenoxy) is 1. The van der Waals surface area contributed by atoms with E-state index in [2.05, 4.69) is 4.98 Å². The van der Waals surface area contributed by atoms with Gasteiger partial charge in [0.1, 0.15) is 17.2 Å². The zero-order valence-electron chi connectivity index (χ0n) is 15.8. The van der Waals surface area contributed by atoms with Crippen LogP contribution in [0.4, 0.5) is 5.69 Å². The molecule has 2 aromatic carbocycles. The van der Waals surface area contributed by atoms with E-state index in [0.717, 1.165) is 22.7 Å². The van der Waals surface area contributed by atoms with Gasteiger partial charge in [0.25, 0.3) is 0 Å². The molecule has 3 N–H and O–H groups in total. The van der Waals surface area contributed by atoms with E-state index < -0.39 is 0 Å². The summed E-state index contributed by atoms with van der Waals surface area (Å²) in [6.07, 6.45) is 2.40. The summed E-state index contributed by atoms with van der Waals surface area (Å²) in [5.41, 5.74) is 3.80. The van der Waals surface area contributed by atoms with Crippen molar-refractivity contribution in [3.8, 4) is 34.2 Å². The number of nitrogens with zero attached hydrogens (tertiary/aromatic N) is 2. The summed E-state index contributed by atoms with van der Waals surface area (Å²) >= 11 is 5.47. The fraction of sp³-hybridized carbons (Fsp3) is 0.250. The van der Waals surface area contributed by atoms with Crippen molar-refractivity contribution >= 4 is 17.9 Å². The maximum Gasteiger partial charge on any atom is 0.182 e. The highest BCUT2D eigenvalue weighted by Gasteiger charge is 2.16. The van der Waals surface area contributed by atoms with Gasteiger partial charge in [-0.05, 0) is 42.4 Å². The lowest BCUT2D eigenvalue weighted by Crippen LogP contribution is -2.10. The molecule has 0 radical (unpaired) electrons. The summed E-state index contributed by atoms with van der Waals surface area (Å²) in [7, 11) is 5.53. The smallest absolute Gasteiger partial charge is 0.182 e. The summed E-state index contributed by atoms with van der Waals surface area (Å²) in [6.45, 7) is 1.95. The maximum absolute atomic E-state index is 10.4. The van der Waals surface area contributed by atoms with Crippen molar-refractivity contribution in [3.05, 3.63) is 46.9 Å². The first-order chi connectivity index (χ1) is 12.9. The first-order valence-electron chi connectivity index (χ1n) is 8.58. The number of aryl methyl sites for hydroxylation is 1. The van der Waals surface area contributed by atoms with Crippen LogP contribution in [-0.2, 0) is 6.42 Å². The maximum atomic E-state index is 10.4. The van der Waals surface area contributed by atoms with Gasteiger partial charge in [-0.3, -0.25) is 4.57 Å². The Morgan fingerprint density at radius 2 is 1.89 bits per heavy atom. The molecule has 0 aliphatic carbocycles. The number of imidazole rings is 1. The summed E-state index contributed by atoms with van der Waals surface area (Å²) in [5.74, 6) is 0.788. The van der Waals surface area contributed by atoms with E-state index in [4.69, 9.17) is 17.0 Å². The van der Waals surface area contributed by atoms with E-state index in [1.807, 2.05) is 48.7 Å². The number of aromatic hydroxyl groups is 2. The van der Waals surface area contributed by atoms with Crippen LogP contribution in [0.5, 0.6) is 17.2 Å². The molecule has 142 valence electrons. The number of anilines is 1. The second-order valence-electron chi connectivity index (χ2n) is 6.42. The van der Waals surface area contributed by atoms with Crippen LogP contribution in [0.1, 0.15) is 12.5 Å². The van der Waals surface area contributed by atoms with Crippen LogP contribution in [0.25, 0.3) is 16.9 Å². The number of rotatable bonds is 5. The number of nitrogens with one attached hydrogen (secondary N) is 1. The summed E-state index contributed by atoms with van der Waals surface area (Å²) < 4.78 is 7.86. The fourth-order valence-corrected chi connectivity index (χ4v) is 3.37. The molecule has 1 heterocycles. The van der Waals surface area contributed by atoms with Crippen LogP contribution in [0, 0.1) is 4.77 Å². The van der Waals surface area contributed by atoms with E-state index in [9.17, 15) is 10.2 Å². The molecule has 7 heteroatoms. The molecular weight excluding hydrogens is 362 g/mol. The summed E-state index contributed by atoms with van der Waals surface area (Å²) in [4.78, 5) is 5.01. The van der Waals surface area contributed by atoms with E-state index in [1.165, 1.54) is 6.07 Å². The number of H-pyrrole nitrogens is 1. The molecule has 0 saturated heterocycles. The van der Waals surface area contributed by atoms with Gasteiger partial charge in [0.15, 0.2) is 4.77 Å². The average Bonchev–Trinajstić information content (AvgIpc) is 3.02. The van der Waals surface area contributed by atoms with Crippen molar-refractivity contribution in [1.29, 1.82) is 0 Å². The molecule has 0 atom stereocenters. The van der Waals surface area contributed by atoms with E-state index >= 15 is 0 Å². The van der Waals surface area contributed by atoms with Gasteiger partial charge in [-0.15, -0.1) is 0 Å². The van der Waals surface area contributed by atoms with Gasteiger partial charge in [-0.1, -0.05) is 6.92 Å². The number of phenols is 2. The Bertz CT molecular complexity index is 1040. The van der Waals surface area contributed by atoms with Gasteiger partial charge < -0.3 is 24.8 Å². The summed E-state index contributed by atoms with van der Waals surface area (Å²) in [6, 6.07) is 8.96. The number of phenolic OH excluding ortho intramolecular Hbond substituents is 2. The Balaban J connectivity index is 2.22. The molecule has 0 aliphatic heterocycles. The fourth-order valence-electron chi connectivity index (χ4n) is 3.11.